The third-order valence-corrected chi connectivity index (χ3v) is 3.59. The lowest BCUT2D eigenvalue weighted by Gasteiger charge is -2.23. The lowest BCUT2D eigenvalue weighted by Crippen LogP contribution is -2.28. The van der Waals surface area contributed by atoms with Gasteiger partial charge in [-0.25, -0.2) is 0 Å². The van der Waals surface area contributed by atoms with E-state index in [-0.39, 0.29) is 5.41 Å². The van der Waals surface area contributed by atoms with Crippen LogP contribution in [0.4, 0.5) is 0 Å². The molecule has 0 amide bonds. The Morgan fingerprint density at radius 1 is 1.11 bits per heavy atom. The molecule has 0 saturated carbocycles. The Morgan fingerprint density at radius 3 is 2.16 bits per heavy atom. The zero-order valence-corrected chi connectivity index (χ0v) is 13.4. The van der Waals surface area contributed by atoms with Crippen LogP contribution >= 0.6 is 0 Å². The first-order valence-electron chi connectivity index (χ1n) is 7.45. The van der Waals surface area contributed by atoms with Crippen molar-refractivity contribution in [2.24, 2.45) is 5.92 Å². The molecular weight excluding hydrogens is 238 g/mol. The summed E-state index contributed by atoms with van der Waals surface area (Å²) in [6.45, 7) is 15.9. The highest BCUT2D eigenvalue weighted by Gasteiger charge is 2.22. The van der Waals surface area contributed by atoms with Crippen molar-refractivity contribution in [3.8, 4) is 0 Å². The van der Waals surface area contributed by atoms with E-state index in [1.165, 1.54) is 12.8 Å². The second-order valence-corrected chi connectivity index (χ2v) is 6.26. The minimum atomic E-state index is -0.0718. The van der Waals surface area contributed by atoms with Gasteiger partial charge in [0.05, 0.1) is 6.54 Å². The molecule has 1 rings (SSSR count). The maximum atomic E-state index is 5.77. The zero-order chi connectivity index (χ0) is 14.5. The maximum absolute atomic E-state index is 5.77. The molecule has 0 N–H and O–H groups in total. The largest absolute Gasteiger partial charge is 0.423 e. The Bertz CT molecular complexity index is 364. The van der Waals surface area contributed by atoms with E-state index in [1.807, 2.05) is 0 Å². The Morgan fingerprint density at radius 2 is 1.74 bits per heavy atom. The standard InChI is InChI=1S/C15H29N3O/c1-7-12(8-2)10-18(9-3)11-13-16-17-14(19-13)15(4,5)6/h12H,7-11H2,1-6H3. The molecule has 0 atom stereocenters. The van der Waals surface area contributed by atoms with Gasteiger partial charge in [-0.15, -0.1) is 10.2 Å². The van der Waals surface area contributed by atoms with E-state index >= 15 is 0 Å². The van der Waals surface area contributed by atoms with Crippen LogP contribution in [-0.2, 0) is 12.0 Å². The van der Waals surface area contributed by atoms with E-state index in [1.54, 1.807) is 0 Å². The van der Waals surface area contributed by atoms with Gasteiger partial charge in [-0.1, -0.05) is 54.4 Å². The number of hydrogen-bond donors (Lipinski definition) is 0. The molecule has 4 heteroatoms. The van der Waals surface area contributed by atoms with Gasteiger partial charge in [-0.05, 0) is 12.5 Å². The monoisotopic (exact) mass is 267 g/mol. The Hall–Kier alpha value is -0.900. The molecular formula is C15H29N3O. The number of hydrogen-bond acceptors (Lipinski definition) is 4. The Balaban J connectivity index is 2.63. The summed E-state index contributed by atoms with van der Waals surface area (Å²) in [6, 6.07) is 0. The highest BCUT2D eigenvalue weighted by Crippen LogP contribution is 2.21. The van der Waals surface area contributed by atoms with E-state index in [4.69, 9.17) is 4.42 Å². The Labute approximate surface area is 117 Å². The lowest BCUT2D eigenvalue weighted by atomic mass is 9.97. The summed E-state index contributed by atoms with van der Waals surface area (Å²) in [6.07, 6.45) is 2.45. The van der Waals surface area contributed by atoms with Gasteiger partial charge in [0.25, 0.3) is 0 Å². The van der Waals surface area contributed by atoms with Gasteiger partial charge in [0.1, 0.15) is 0 Å². The molecule has 19 heavy (non-hydrogen) atoms. The van der Waals surface area contributed by atoms with Gasteiger partial charge in [0, 0.05) is 12.0 Å². The SMILES string of the molecule is CCC(CC)CN(CC)Cc1nnc(C(C)(C)C)o1. The van der Waals surface area contributed by atoms with Crippen molar-refractivity contribution in [2.45, 2.75) is 66.3 Å². The van der Waals surface area contributed by atoms with E-state index in [0.29, 0.717) is 0 Å². The minimum Gasteiger partial charge on any atom is -0.423 e. The predicted octanol–water partition coefficient (Wildman–Crippen LogP) is 3.63. The third-order valence-electron chi connectivity index (χ3n) is 3.59. The van der Waals surface area contributed by atoms with Gasteiger partial charge in [-0.3, -0.25) is 4.90 Å². The van der Waals surface area contributed by atoms with Crippen LogP contribution in [-0.4, -0.2) is 28.2 Å². The molecule has 0 radical (unpaired) electrons. The number of aromatic nitrogens is 2. The van der Waals surface area contributed by atoms with Crippen molar-refractivity contribution in [3.05, 3.63) is 11.8 Å². The highest BCUT2D eigenvalue weighted by molar-refractivity contribution is 4.96. The molecule has 0 aliphatic heterocycles. The van der Waals surface area contributed by atoms with Crippen molar-refractivity contribution >= 4 is 0 Å². The summed E-state index contributed by atoms with van der Waals surface area (Å²) in [7, 11) is 0. The van der Waals surface area contributed by atoms with Gasteiger partial charge >= 0.3 is 0 Å². The molecule has 0 aliphatic rings. The maximum Gasteiger partial charge on any atom is 0.230 e. The van der Waals surface area contributed by atoms with E-state index in [2.05, 4.69) is 56.6 Å². The van der Waals surface area contributed by atoms with Gasteiger partial charge in [0.2, 0.25) is 11.8 Å². The third kappa shape index (κ3) is 4.94. The molecule has 0 aromatic carbocycles. The van der Waals surface area contributed by atoms with E-state index in [9.17, 15) is 0 Å². The van der Waals surface area contributed by atoms with Crippen molar-refractivity contribution in [1.82, 2.24) is 15.1 Å². The second-order valence-electron chi connectivity index (χ2n) is 6.26. The minimum absolute atomic E-state index is 0.0718. The molecule has 0 fully saturated rings. The highest BCUT2D eigenvalue weighted by atomic mass is 16.4. The normalized spacial score (nSPS) is 12.6. The number of nitrogens with zero attached hydrogens (tertiary/aromatic N) is 3. The van der Waals surface area contributed by atoms with Gasteiger partial charge in [-0.2, -0.15) is 0 Å². The molecule has 110 valence electrons. The van der Waals surface area contributed by atoms with Crippen LogP contribution in [0.3, 0.4) is 0 Å². The van der Waals surface area contributed by atoms with Crippen molar-refractivity contribution < 1.29 is 4.42 Å². The molecule has 1 aromatic rings. The molecule has 0 bridgehead atoms. The van der Waals surface area contributed by atoms with Crippen LogP contribution in [0.2, 0.25) is 0 Å². The van der Waals surface area contributed by atoms with Crippen LogP contribution in [0.1, 0.15) is 66.2 Å². The molecule has 1 heterocycles. The zero-order valence-electron chi connectivity index (χ0n) is 13.4. The molecule has 0 spiro atoms. The smallest absolute Gasteiger partial charge is 0.230 e. The lowest BCUT2D eigenvalue weighted by molar-refractivity contribution is 0.203. The molecule has 0 aliphatic carbocycles. The first-order chi connectivity index (χ1) is 8.90. The van der Waals surface area contributed by atoms with Crippen molar-refractivity contribution in [3.63, 3.8) is 0 Å². The van der Waals surface area contributed by atoms with E-state index < -0.39 is 0 Å². The summed E-state index contributed by atoms with van der Waals surface area (Å²) >= 11 is 0. The van der Waals surface area contributed by atoms with Crippen molar-refractivity contribution in [1.29, 1.82) is 0 Å². The molecule has 0 unspecified atom stereocenters. The van der Waals surface area contributed by atoms with Crippen molar-refractivity contribution in [2.75, 3.05) is 13.1 Å². The summed E-state index contributed by atoms with van der Waals surface area (Å²) in [5.74, 6) is 2.21. The fourth-order valence-corrected chi connectivity index (χ4v) is 2.03. The first-order valence-corrected chi connectivity index (χ1v) is 7.45. The van der Waals surface area contributed by atoms with Crippen LogP contribution in [0.15, 0.2) is 4.42 Å². The quantitative estimate of drug-likeness (QED) is 0.756. The average molecular weight is 267 g/mol. The van der Waals surface area contributed by atoms with Crippen LogP contribution in [0.5, 0.6) is 0 Å². The molecule has 1 aromatic heterocycles. The van der Waals surface area contributed by atoms with Gasteiger partial charge in [0.15, 0.2) is 0 Å². The van der Waals surface area contributed by atoms with Crippen LogP contribution in [0.25, 0.3) is 0 Å². The fraction of sp³-hybridized carbons (Fsp3) is 0.867. The summed E-state index contributed by atoms with van der Waals surface area (Å²) in [5.41, 5.74) is -0.0718. The topological polar surface area (TPSA) is 42.2 Å². The summed E-state index contributed by atoms with van der Waals surface area (Å²) < 4.78 is 5.77. The predicted molar refractivity (Wildman–Crippen MR) is 78.0 cm³/mol. The first kappa shape index (κ1) is 16.2. The fourth-order valence-electron chi connectivity index (χ4n) is 2.03. The number of rotatable bonds is 7. The second kappa shape index (κ2) is 7.04. The molecule has 4 nitrogen and oxygen atoms in total. The van der Waals surface area contributed by atoms with E-state index in [0.717, 1.165) is 37.3 Å². The van der Waals surface area contributed by atoms with Gasteiger partial charge < -0.3 is 4.42 Å². The summed E-state index contributed by atoms with van der Waals surface area (Å²) in [5, 5.41) is 8.32. The van der Waals surface area contributed by atoms with Crippen LogP contribution in [0, 0.1) is 5.92 Å². The van der Waals surface area contributed by atoms with Crippen LogP contribution < -0.4 is 0 Å². The Kier molecular flexibility index (Phi) is 5.98. The average Bonchev–Trinajstić information content (AvgIpc) is 2.82. The summed E-state index contributed by atoms with van der Waals surface area (Å²) in [4.78, 5) is 2.39. The molecule has 0 saturated heterocycles.